The van der Waals surface area contributed by atoms with Gasteiger partial charge in [0.25, 0.3) is 0 Å². The summed E-state index contributed by atoms with van der Waals surface area (Å²) in [5, 5.41) is 1.75. The molecular formula is C84H91O3PPd2. The zero-order valence-corrected chi connectivity index (χ0v) is 57.5. The van der Waals surface area contributed by atoms with E-state index in [2.05, 4.69) is 77.9 Å². The average molecular weight is 1390 g/mol. The smallest absolute Gasteiger partial charge is 0.178 e. The number of hydrogen-bond donors (Lipinski definition) is 0. The topological polar surface area (TPSA) is 51.2 Å². The Morgan fingerprint density at radius 3 is 0.822 bits per heavy atom. The van der Waals surface area contributed by atoms with Crippen molar-refractivity contribution in [2.75, 3.05) is 0 Å². The van der Waals surface area contributed by atoms with Crippen molar-refractivity contribution in [2.24, 2.45) is 0 Å². The molecule has 0 spiro atoms. The van der Waals surface area contributed by atoms with E-state index in [4.69, 9.17) is 0 Å². The van der Waals surface area contributed by atoms with Crippen LogP contribution in [-0.2, 0) is 55.2 Å². The monoisotopic (exact) mass is 1390 g/mol. The Kier molecular flexibility index (Phi) is 33.9. The first kappa shape index (κ1) is 73.7. The summed E-state index contributed by atoms with van der Waals surface area (Å²) in [4.78, 5) is 34.8. The van der Waals surface area contributed by atoms with Crippen molar-refractivity contribution in [2.45, 2.75) is 135 Å². The molecular weight excluding hydrogens is 1300 g/mol. The number of carbonyl (C=O) groups is 3. The minimum absolute atomic E-state index is 0. The molecule has 8 aromatic carbocycles. The van der Waals surface area contributed by atoms with Crippen LogP contribution in [0.1, 0.15) is 174 Å². The van der Waals surface area contributed by atoms with Crippen molar-refractivity contribution in [3.05, 3.63) is 305 Å². The fourth-order valence-corrected chi connectivity index (χ4v) is 15.2. The van der Waals surface area contributed by atoms with E-state index in [0.29, 0.717) is 17.8 Å². The molecule has 0 radical (unpaired) electrons. The van der Waals surface area contributed by atoms with Gasteiger partial charge in [-0.25, -0.2) is 0 Å². The standard InChI is InChI=1S/C33H49P.3C17H14O.2Pd/c1-23(2)26-21-30(24(3)4)33(31(22-26)25(5)6)29-19-13-14-20-32(29)34(27-15-9-7-10-16-27)28-17-11-8-12-18-28;3*18-17(13-11-15-7-3-1-4-8-15)14-12-16-9-5-2-6-10-16;;/h13-14,19-25,27-28H,7-12,15-18H2,1-6H3;3*1-14H;;/b;3*13-11+,14-12+;;. The van der Waals surface area contributed by atoms with Crippen molar-refractivity contribution in [1.82, 2.24) is 0 Å². The van der Waals surface area contributed by atoms with Crippen molar-refractivity contribution >= 4 is 67.0 Å². The molecule has 0 aliphatic heterocycles. The minimum Gasteiger partial charge on any atom is -0.290 e. The summed E-state index contributed by atoms with van der Waals surface area (Å²) < 4.78 is 0. The molecule has 2 aliphatic rings. The zero-order valence-electron chi connectivity index (χ0n) is 53.5. The minimum atomic E-state index is -0.120. The van der Waals surface area contributed by atoms with Gasteiger partial charge in [-0.15, -0.1) is 0 Å². The average Bonchev–Trinajstić information content (AvgIpc) is 2.21. The van der Waals surface area contributed by atoms with Gasteiger partial charge >= 0.3 is 0 Å². The molecule has 0 unspecified atom stereocenters. The molecule has 2 saturated carbocycles. The van der Waals surface area contributed by atoms with Gasteiger partial charge < -0.3 is 0 Å². The summed E-state index contributed by atoms with van der Waals surface area (Å²) in [6.45, 7) is 14.3. The van der Waals surface area contributed by atoms with Gasteiger partial charge in [-0.3, -0.25) is 14.4 Å². The van der Waals surface area contributed by atoms with Crippen molar-refractivity contribution < 1.29 is 55.2 Å². The van der Waals surface area contributed by atoms with Gasteiger partial charge in [-0.05, 0) is 158 Å². The van der Waals surface area contributed by atoms with Gasteiger partial charge in [0.1, 0.15) is 0 Å². The molecule has 0 heterocycles. The normalized spacial score (nSPS) is 13.7. The molecule has 8 aromatic rings. The molecule has 10 rings (SSSR count). The van der Waals surface area contributed by atoms with Crippen molar-refractivity contribution in [3.63, 3.8) is 0 Å². The van der Waals surface area contributed by atoms with Crippen LogP contribution in [-0.4, -0.2) is 28.7 Å². The van der Waals surface area contributed by atoms with Crippen LogP contribution >= 0.6 is 7.92 Å². The van der Waals surface area contributed by atoms with E-state index in [0.717, 1.165) is 44.7 Å². The Balaban J connectivity index is 0.000000228. The molecule has 0 aromatic heterocycles. The van der Waals surface area contributed by atoms with E-state index in [9.17, 15) is 14.4 Å². The largest absolute Gasteiger partial charge is 0.290 e. The van der Waals surface area contributed by atoms with Crippen LogP contribution in [0.2, 0.25) is 0 Å². The van der Waals surface area contributed by atoms with E-state index in [1.54, 1.807) is 64.0 Å². The number of rotatable bonds is 19. The summed E-state index contributed by atoms with van der Waals surface area (Å²) in [5.41, 5.74) is 15.9. The van der Waals surface area contributed by atoms with Crippen LogP contribution in [0.25, 0.3) is 47.6 Å². The van der Waals surface area contributed by atoms with Crippen LogP contribution in [0.4, 0.5) is 0 Å². The predicted octanol–water partition coefficient (Wildman–Crippen LogP) is 22.4. The van der Waals surface area contributed by atoms with Crippen molar-refractivity contribution in [1.29, 1.82) is 0 Å². The molecule has 6 heteroatoms. The molecule has 3 nitrogen and oxygen atoms in total. The first-order valence-electron chi connectivity index (χ1n) is 32.0. The van der Waals surface area contributed by atoms with Gasteiger partial charge in [0.15, 0.2) is 17.3 Å². The maximum Gasteiger partial charge on any atom is 0.178 e. The first-order valence-corrected chi connectivity index (χ1v) is 33.5. The number of ketones is 3. The fraction of sp³-hybridized carbons (Fsp3) is 0.250. The van der Waals surface area contributed by atoms with Gasteiger partial charge in [0.05, 0.1) is 0 Å². The van der Waals surface area contributed by atoms with E-state index >= 15 is 0 Å². The van der Waals surface area contributed by atoms with Crippen LogP contribution in [0, 0.1) is 0 Å². The Morgan fingerprint density at radius 2 is 0.578 bits per heavy atom. The second-order valence-corrected chi connectivity index (χ2v) is 26.5. The SMILES string of the molecule is CC(C)c1cc(C(C)C)c(-c2ccccc2P(C2CCCCC2)C2CCCCC2)c(C(C)C)c1.O=C(/C=C/c1ccccc1)/C=C/c1ccccc1.O=C(/C=C/c1ccccc1)/C=C/c1ccccc1.O=C(/C=C/c1ccccc1)/C=C/c1ccccc1.[Pd].[Pd]. The molecule has 470 valence electrons. The van der Waals surface area contributed by atoms with E-state index in [1.165, 1.54) is 69.8 Å². The predicted molar refractivity (Wildman–Crippen MR) is 382 cm³/mol. The molecule has 0 N–H and O–H groups in total. The van der Waals surface area contributed by atoms with Crippen LogP contribution in [0.15, 0.2) is 255 Å². The number of hydrogen-bond acceptors (Lipinski definition) is 3. The molecule has 0 bridgehead atoms. The van der Waals surface area contributed by atoms with Crippen LogP contribution in [0.5, 0.6) is 0 Å². The summed E-state index contributed by atoms with van der Waals surface area (Å²) in [6.07, 6.45) is 35.0. The molecule has 0 amide bonds. The number of carbonyl (C=O) groups excluding carboxylic acids is 3. The number of allylic oxidation sites excluding steroid dienone is 6. The Bertz CT molecular complexity index is 3080. The third-order valence-electron chi connectivity index (χ3n) is 16.0. The Hall–Kier alpha value is -7.04. The summed E-state index contributed by atoms with van der Waals surface area (Å²) >= 11 is 0. The first-order chi connectivity index (χ1) is 42.9. The van der Waals surface area contributed by atoms with Crippen molar-refractivity contribution in [3.8, 4) is 11.1 Å². The van der Waals surface area contributed by atoms with Gasteiger partial charge in [0, 0.05) is 40.8 Å². The summed E-state index contributed by atoms with van der Waals surface area (Å²) in [6, 6.07) is 73.5. The maximum atomic E-state index is 11.6. The summed E-state index contributed by atoms with van der Waals surface area (Å²) in [5.74, 6) is 1.61. The van der Waals surface area contributed by atoms with Gasteiger partial charge in [-0.2, -0.15) is 0 Å². The van der Waals surface area contributed by atoms with E-state index in [1.807, 2.05) is 218 Å². The van der Waals surface area contributed by atoms with E-state index in [-0.39, 0.29) is 66.1 Å². The maximum absolute atomic E-state index is 11.6. The zero-order chi connectivity index (χ0) is 62.1. The molecule has 0 atom stereocenters. The van der Waals surface area contributed by atoms with Gasteiger partial charge in [0.2, 0.25) is 0 Å². The fourth-order valence-electron chi connectivity index (χ4n) is 11.2. The second-order valence-electron chi connectivity index (χ2n) is 23.7. The Labute approximate surface area is 568 Å². The second kappa shape index (κ2) is 41.4. The van der Waals surface area contributed by atoms with E-state index < -0.39 is 0 Å². The number of benzene rings is 8. The summed E-state index contributed by atoms with van der Waals surface area (Å²) in [7, 11) is -0.120. The van der Waals surface area contributed by atoms with Gasteiger partial charge in [-0.1, -0.05) is 343 Å². The quantitative estimate of drug-likeness (QED) is 0.0461. The molecule has 90 heavy (non-hydrogen) atoms. The Morgan fingerprint density at radius 1 is 0.333 bits per heavy atom. The molecule has 2 aliphatic carbocycles. The van der Waals surface area contributed by atoms with Crippen LogP contribution < -0.4 is 5.30 Å². The third-order valence-corrected chi connectivity index (χ3v) is 19.5. The third kappa shape index (κ3) is 25.7. The molecule has 0 saturated heterocycles. The van der Waals surface area contributed by atoms with Crippen LogP contribution in [0.3, 0.4) is 0 Å². The molecule has 2 fully saturated rings.